The molecule has 0 unspecified atom stereocenters. The van der Waals surface area contributed by atoms with Crippen molar-refractivity contribution in [3.05, 3.63) is 53.6 Å². The number of anilines is 2. The van der Waals surface area contributed by atoms with E-state index >= 15 is 0 Å². The van der Waals surface area contributed by atoms with Crippen molar-refractivity contribution in [2.24, 2.45) is 0 Å². The van der Waals surface area contributed by atoms with Crippen molar-refractivity contribution in [3.63, 3.8) is 0 Å². The lowest BCUT2D eigenvalue weighted by atomic mass is 10.1. The highest BCUT2D eigenvalue weighted by Gasteiger charge is 2.13. The largest absolute Gasteiger partial charge is 0.493 e. The summed E-state index contributed by atoms with van der Waals surface area (Å²) in [5.41, 5.74) is 5.01. The summed E-state index contributed by atoms with van der Waals surface area (Å²) in [6.45, 7) is 1.71. The molecule has 0 amide bonds. The molecule has 1 heterocycles. The Morgan fingerprint density at radius 3 is 2.95 bits per heavy atom. The van der Waals surface area contributed by atoms with Crippen LogP contribution in [0.25, 0.3) is 0 Å². The summed E-state index contributed by atoms with van der Waals surface area (Å²) < 4.78 is 5.55. The van der Waals surface area contributed by atoms with Gasteiger partial charge in [0.15, 0.2) is 0 Å². The highest BCUT2D eigenvalue weighted by atomic mass is 16.5. The van der Waals surface area contributed by atoms with Crippen LogP contribution in [-0.2, 0) is 13.0 Å². The Morgan fingerprint density at radius 1 is 1.20 bits per heavy atom. The first-order valence-electron chi connectivity index (χ1n) is 7.00. The third-order valence-corrected chi connectivity index (χ3v) is 3.75. The van der Waals surface area contributed by atoms with E-state index < -0.39 is 0 Å². The molecule has 0 atom stereocenters. The highest BCUT2D eigenvalue weighted by molar-refractivity contribution is 5.54. The van der Waals surface area contributed by atoms with Gasteiger partial charge in [0.25, 0.3) is 0 Å². The van der Waals surface area contributed by atoms with Gasteiger partial charge >= 0.3 is 0 Å². The number of nitrogens with zero attached hydrogens (tertiary/aromatic N) is 1. The quantitative estimate of drug-likeness (QED) is 0.920. The number of rotatable bonds is 4. The summed E-state index contributed by atoms with van der Waals surface area (Å²) in [4.78, 5) is 2.27. The van der Waals surface area contributed by atoms with Crippen molar-refractivity contribution in [1.82, 2.24) is 0 Å². The summed E-state index contributed by atoms with van der Waals surface area (Å²) in [5.74, 6) is 1.04. The van der Waals surface area contributed by atoms with Crippen LogP contribution in [0.5, 0.6) is 5.75 Å². The molecule has 0 fully saturated rings. The summed E-state index contributed by atoms with van der Waals surface area (Å²) >= 11 is 0. The van der Waals surface area contributed by atoms with Crippen molar-refractivity contribution in [2.75, 3.05) is 30.9 Å². The van der Waals surface area contributed by atoms with Crippen LogP contribution in [0.3, 0.4) is 0 Å². The van der Waals surface area contributed by atoms with E-state index in [0.717, 1.165) is 31.0 Å². The van der Waals surface area contributed by atoms with Gasteiger partial charge in [0, 0.05) is 38.4 Å². The van der Waals surface area contributed by atoms with Crippen LogP contribution < -0.4 is 15.0 Å². The van der Waals surface area contributed by atoms with Gasteiger partial charge in [-0.2, -0.15) is 0 Å². The van der Waals surface area contributed by atoms with E-state index in [1.807, 2.05) is 7.05 Å². The standard InChI is InChI=1S/C17H20N2O/c1-18-15-5-3-4-13(10-15)12-19(2)16-6-7-17-14(11-16)8-9-20-17/h3-7,10-11,18H,8-9,12H2,1-2H3. The zero-order chi connectivity index (χ0) is 13.9. The van der Waals surface area contributed by atoms with E-state index in [-0.39, 0.29) is 0 Å². The van der Waals surface area contributed by atoms with E-state index in [4.69, 9.17) is 4.74 Å². The second-order valence-electron chi connectivity index (χ2n) is 5.20. The maximum absolute atomic E-state index is 5.55. The molecule has 2 aromatic carbocycles. The zero-order valence-electron chi connectivity index (χ0n) is 12.0. The monoisotopic (exact) mass is 268 g/mol. The van der Waals surface area contributed by atoms with Gasteiger partial charge in [0.2, 0.25) is 0 Å². The highest BCUT2D eigenvalue weighted by Crippen LogP contribution is 2.29. The molecule has 0 bridgehead atoms. The maximum atomic E-state index is 5.55. The Labute approximate surface area is 120 Å². The fourth-order valence-electron chi connectivity index (χ4n) is 2.60. The van der Waals surface area contributed by atoms with Crippen LogP contribution in [0.1, 0.15) is 11.1 Å². The summed E-state index contributed by atoms with van der Waals surface area (Å²) in [5, 5.41) is 3.18. The van der Waals surface area contributed by atoms with E-state index in [1.54, 1.807) is 0 Å². The second-order valence-corrected chi connectivity index (χ2v) is 5.20. The molecule has 0 aliphatic carbocycles. The molecular formula is C17H20N2O. The molecule has 1 aliphatic heterocycles. The third kappa shape index (κ3) is 2.57. The smallest absolute Gasteiger partial charge is 0.122 e. The minimum atomic E-state index is 0.812. The molecule has 0 saturated heterocycles. The normalized spacial score (nSPS) is 12.7. The Kier molecular flexibility index (Phi) is 3.50. The van der Waals surface area contributed by atoms with Crippen molar-refractivity contribution in [3.8, 4) is 5.75 Å². The molecule has 20 heavy (non-hydrogen) atoms. The molecule has 0 saturated carbocycles. The van der Waals surface area contributed by atoms with Crippen LogP contribution >= 0.6 is 0 Å². The molecule has 1 aliphatic rings. The lowest BCUT2D eigenvalue weighted by Gasteiger charge is -2.20. The van der Waals surface area contributed by atoms with Crippen LogP contribution in [0.15, 0.2) is 42.5 Å². The van der Waals surface area contributed by atoms with Crippen molar-refractivity contribution in [2.45, 2.75) is 13.0 Å². The maximum Gasteiger partial charge on any atom is 0.122 e. The molecule has 3 nitrogen and oxygen atoms in total. The van der Waals surface area contributed by atoms with Crippen LogP contribution in [0, 0.1) is 0 Å². The zero-order valence-corrected chi connectivity index (χ0v) is 12.0. The molecule has 0 spiro atoms. The van der Waals surface area contributed by atoms with Gasteiger partial charge in [-0.15, -0.1) is 0 Å². The molecular weight excluding hydrogens is 248 g/mol. The average molecular weight is 268 g/mol. The molecule has 0 radical (unpaired) electrons. The minimum absolute atomic E-state index is 0.812. The number of ether oxygens (including phenoxy) is 1. The van der Waals surface area contributed by atoms with Crippen molar-refractivity contribution < 1.29 is 4.74 Å². The van der Waals surface area contributed by atoms with Crippen molar-refractivity contribution in [1.29, 1.82) is 0 Å². The van der Waals surface area contributed by atoms with Crippen LogP contribution in [-0.4, -0.2) is 20.7 Å². The van der Waals surface area contributed by atoms with Gasteiger partial charge in [-0.05, 0) is 41.5 Å². The minimum Gasteiger partial charge on any atom is -0.493 e. The first-order valence-corrected chi connectivity index (χ1v) is 7.00. The second kappa shape index (κ2) is 5.45. The van der Waals surface area contributed by atoms with Gasteiger partial charge in [-0.1, -0.05) is 12.1 Å². The Balaban J connectivity index is 1.77. The van der Waals surface area contributed by atoms with E-state index in [9.17, 15) is 0 Å². The molecule has 1 N–H and O–H groups in total. The van der Waals surface area contributed by atoms with E-state index in [0.29, 0.717) is 0 Å². The number of benzene rings is 2. The van der Waals surface area contributed by atoms with Gasteiger partial charge in [0.1, 0.15) is 5.75 Å². The topological polar surface area (TPSA) is 24.5 Å². The number of hydrogen-bond donors (Lipinski definition) is 1. The van der Waals surface area contributed by atoms with E-state index in [1.165, 1.54) is 16.8 Å². The number of fused-ring (bicyclic) bond motifs is 1. The Morgan fingerprint density at radius 2 is 2.10 bits per heavy atom. The first-order chi connectivity index (χ1) is 9.76. The molecule has 3 rings (SSSR count). The number of hydrogen-bond acceptors (Lipinski definition) is 3. The Hall–Kier alpha value is -2.16. The summed E-state index contributed by atoms with van der Waals surface area (Å²) in [6, 6.07) is 15.0. The van der Waals surface area contributed by atoms with Gasteiger partial charge < -0.3 is 15.0 Å². The van der Waals surface area contributed by atoms with E-state index in [2.05, 4.69) is 59.7 Å². The van der Waals surface area contributed by atoms with Gasteiger partial charge in [-0.25, -0.2) is 0 Å². The third-order valence-electron chi connectivity index (χ3n) is 3.75. The fraction of sp³-hybridized carbons (Fsp3) is 0.294. The van der Waals surface area contributed by atoms with Crippen LogP contribution in [0.4, 0.5) is 11.4 Å². The van der Waals surface area contributed by atoms with Gasteiger partial charge in [0.05, 0.1) is 6.61 Å². The first kappa shape index (κ1) is 12.9. The molecule has 2 aromatic rings. The fourth-order valence-corrected chi connectivity index (χ4v) is 2.60. The SMILES string of the molecule is CNc1cccc(CN(C)c2ccc3c(c2)CCO3)c1. The summed E-state index contributed by atoms with van der Waals surface area (Å²) in [6.07, 6.45) is 1.02. The molecule has 0 aromatic heterocycles. The lowest BCUT2D eigenvalue weighted by Crippen LogP contribution is -2.16. The summed E-state index contributed by atoms with van der Waals surface area (Å²) in [7, 11) is 4.08. The molecule has 3 heteroatoms. The lowest BCUT2D eigenvalue weighted by molar-refractivity contribution is 0.357. The Bertz CT molecular complexity index is 610. The number of nitrogens with one attached hydrogen (secondary N) is 1. The molecule has 104 valence electrons. The predicted octanol–water partition coefficient (Wildman–Crippen LogP) is 3.30. The van der Waals surface area contributed by atoms with Crippen molar-refractivity contribution >= 4 is 11.4 Å². The predicted molar refractivity (Wildman–Crippen MR) is 83.7 cm³/mol. The van der Waals surface area contributed by atoms with Gasteiger partial charge in [-0.3, -0.25) is 0 Å². The average Bonchev–Trinajstić information content (AvgIpc) is 2.94. The van der Waals surface area contributed by atoms with Crippen LogP contribution in [0.2, 0.25) is 0 Å².